The van der Waals surface area contributed by atoms with Crippen LogP contribution in [-0.2, 0) is 19.1 Å². The van der Waals surface area contributed by atoms with Crippen LogP contribution in [0.25, 0.3) is 0 Å². The lowest BCUT2D eigenvalue weighted by Gasteiger charge is -2.32. The van der Waals surface area contributed by atoms with E-state index in [2.05, 4.69) is 6.58 Å². The van der Waals surface area contributed by atoms with Gasteiger partial charge in [0.25, 0.3) is 0 Å². The largest absolute Gasteiger partial charge is 0.493 e. The van der Waals surface area contributed by atoms with E-state index in [1.54, 1.807) is 18.2 Å². The molecule has 1 aliphatic carbocycles. The van der Waals surface area contributed by atoms with Crippen LogP contribution in [0.3, 0.4) is 0 Å². The van der Waals surface area contributed by atoms with Crippen LogP contribution < -0.4 is 15.2 Å². The number of nitrogens with two attached hydrogens (primary N) is 1. The highest BCUT2D eigenvalue weighted by Crippen LogP contribution is 2.47. The van der Waals surface area contributed by atoms with Gasteiger partial charge in [-0.05, 0) is 24.1 Å². The molecule has 8 heteroatoms. The van der Waals surface area contributed by atoms with E-state index in [0.29, 0.717) is 47.7 Å². The number of carbonyl (C=O) groups is 2. The van der Waals surface area contributed by atoms with Gasteiger partial charge in [0.05, 0.1) is 25.2 Å². The molecule has 1 aliphatic heterocycles. The Bertz CT molecular complexity index is 933. The molecule has 1 heterocycles. The van der Waals surface area contributed by atoms with Crippen molar-refractivity contribution in [3.05, 3.63) is 58.2 Å². The van der Waals surface area contributed by atoms with Gasteiger partial charge in [0.2, 0.25) is 5.88 Å². The number of hydrogen-bond acceptors (Lipinski definition) is 7. The van der Waals surface area contributed by atoms with Crippen molar-refractivity contribution < 1.29 is 28.5 Å². The molecule has 2 N–H and O–H groups in total. The monoisotopic (exact) mass is 419 g/mol. The van der Waals surface area contributed by atoms with Crippen molar-refractivity contribution in [1.82, 2.24) is 0 Å². The molecule has 0 unspecified atom stereocenters. The van der Waals surface area contributed by atoms with Crippen molar-refractivity contribution in [1.29, 1.82) is 0 Å². The van der Waals surface area contributed by atoms with Gasteiger partial charge in [-0.1, -0.05) is 24.3 Å². The van der Waals surface area contributed by atoms with Gasteiger partial charge in [-0.15, -0.1) is 0 Å². The normalized spacial score (nSPS) is 18.7. The second kappa shape index (κ2) is 8.61. The van der Waals surface area contributed by atoms with Gasteiger partial charge in [0.15, 0.2) is 17.3 Å². The number of hydrogen-bond donors (Lipinski definition) is 1. The van der Waals surface area contributed by atoms with E-state index < -0.39 is 11.9 Å². The van der Waals surface area contributed by atoms with Crippen molar-refractivity contribution in [3.63, 3.8) is 0 Å². The maximum absolute atomic E-state index is 12.8. The van der Waals surface area contributed by atoms with Crippen LogP contribution in [0.2, 0.25) is 5.02 Å². The standard InChI is InChI=1S/C21H22ClNO6/c1-4-8-28-19-12(22)9-11(10-15(19)26-2)16-17-13(24)6-5-7-14(17)29-20(23)18(16)21(25)27-3/h4,9-10,16H,1,5-8,23H2,2-3H3/t16-/m1/s1. The SMILES string of the molecule is C=CCOc1c(Cl)cc([C@H]2C(C(=O)OC)=C(N)OC3=C2C(=O)CCC3)cc1OC. The van der Waals surface area contributed by atoms with Crippen LogP contribution in [0.1, 0.15) is 30.7 Å². The molecular weight excluding hydrogens is 398 g/mol. The number of benzene rings is 1. The van der Waals surface area contributed by atoms with Crippen molar-refractivity contribution in [3.8, 4) is 11.5 Å². The molecule has 0 fully saturated rings. The highest BCUT2D eigenvalue weighted by atomic mass is 35.5. The van der Waals surface area contributed by atoms with Gasteiger partial charge in [-0.3, -0.25) is 4.79 Å². The molecular formula is C21H22ClNO6. The first-order chi connectivity index (χ1) is 13.9. The summed E-state index contributed by atoms with van der Waals surface area (Å²) in [5.41, 5.74) is 7.05. The third kappa shape index (κ3) is 3.82. The number of rotatable bonds is 6. The van der Waals surface area contributed by atoms with E-state index in [1.165, 1.54) is 14.2 Å². The molecule has 0 spiro atoms. The maximum Gasteiger partial charge on any atom is 0.340 e. The van der Waals surface area contributed by atoms with Crippen LogP contribution >= 0.6 is 11.6 Å². The average Bonchev–Trinajstić information content (AvgIpc) is 2.71. The number of halogens is 1. The summed E-state index contributed by atoms with van der Waals surface area (Å²) in [7, 11) is 2.72. The number of methoxy groups -OCH3 is 2. The lowest BCUT2D eigenvalue weighted by molar-refractivity contribution is -0.136. The van der Waals surface area contributed by atoms with Gasteiger partial charge in [-0.2, -0.15) is 0 Å². The van der Waals surface area contributed by atoms with E-state index in [0.717, 1.165) is 0 Å². The minimum atomic E-state index is -0.779. The molecule has 2 aliphatic rings. The van der Waals surface area contributed by atoms with E-state index in [-0.39, 0.29) is 28.9 Å². The maximum atomic E-state index is 12.8. The number of allylic oxidation sites excluding steroid dienone is 2. The van der Waals surface area contributed by atoms with E-state index in [4.69, 9.17) is 36.3 Å². The number of ketones is 1. The summed E-state index contributed by atoms with van der Waals surface area (Å²) in [5, 5.41) is 0.265. The van der Waals surface area contributed by atoms with Crippen molar-refractivity contribution >= 4 is 23.4 Å². The Morgan fingerprint density at radius 3 is 2.79 bits per heavy atom. The van der Waals surface area contributed by atoms with Crippen molar-refractivity contribution in [2.45, 2.75) is 25.2 Å². The topological polar surface area (TPSA) is 97.1 Å². The molecule has 29 heavy (non-hydrogen) atoms. The lowest BCUT2D eigenvalue weighted by atomic mass is 9.77. The Morgan fingerprint density at radius 1 is 1.38 bits per heavy atom. The van der Waals surface area contributed by atoms with Gasteiger partial charge in [-0.25, -0.2) is 4.79 Å². The predicted octanol–water partition coefficient (Wildman–Crippen LogP) is 3.38. The number of esters is 1. The van der Waals surface area contributed by atoms with E-state index in [9.17, 15) is 9.59 Å². The van der Waals surface area contributed by atoms with Crippen molar-refractivity contribution in [2.24, 2.45) is 5.73 Å². The van der Waals surface area contributed by atoms with Gasteiger partial charge in [0, 0.05) is 18.4 Å². The summed E-state index contributed by atoms with van der Waals surface area (Å²) in [4.78, 5) is 25.3. The molecule has 0 saturated heterocycles. The zero-order chi connectivity index (χ0) is 21.1. The van der Waals surface area contributed by atoms with Crippen molar-refractivity contribution in [2.75, 3.05) is 20.8 Å². The second-order valence-corrected chi connectivity index (χ2v) is 6.96. The minimum absolute atomic E-state index is 0.0550. The Morgan fingerprint density at radius 2 is 2.14 bits per heavy atom. The molecule has 0 radical (unpaired) electrons. The molecule has 0 amide bonds. The highest BCUT2D eigenvalue weighted by molar-refractivity contribution is 6.32. The van der Waals surface area contributed by atoms with Gasteiger partial charge in [0.1, 0.15) is 17.9 Å². The molecule has 154 valence electrons. The quantitative estimate of drug-likeness (QED) is 0.557. The van der Waals surface area contributed by atoms with Crippen LogP contribution in [0.15, 0.2) is 47.6 Å². The molecule has 1 atom stereocenters. The fraction of sp³-hybridized carbons (Fsp3) is 0.333. The summed E-state index contributed by atoms with van der Waals surface area (Å²) in [6, 6.07) is 3.30. The first-order valence-electron chi connectivity index (χ1n) is 9.06. The Labute approximate surface area is 173 Å². The van der Waals surface area contributed by atoms with Gasteiger partial charge >= 0.3 is 5.97 Å². The smallest absolute Gasteiger partial charge is 0.340 e. The highest BCUT2D eigenvalue weighted by Gasteiger charge is 2.41. The van der Waals surface area contributed by atoms with Crippen LogP contribution in [0.4, 0.5) is 0 Å². The van der Waals surface area contributed by atoms with Crippen LogP contribution in [0, 0.1) is 0 Å². The Balaban J connectivity index is 2.20. The second-order valence-electron chi connectivity index (χ2n) is 6.55. The van der Waals surface area contributed by atoms with Crippen LogP contribution in [0.5, 0.6) is 11.5 Å². The number of carbonyl (C=O) groups excluding carboxylic acids is 2. The molecule has 0 saturated carbocycles. The molecule has 3 rings (SSSR count). The number of ether oxygens (including phenoxy) is 4. The van der Waals surface area contributed by atoms with Gasteiger partial charge < -0.3 is 24.7 Å². The molecule has 1 aromatic rings. The molecule has 0 bridgehead atoms. The summed E-state index contributed by atoms with van der Waals surface area (Å²) in [5.74, 6) is -0.485. The molecule has 0 aromatic heterocycles. The summed E-state index contributed by atoms with van der Waals surface area (Å²) >= 11 is 6.44. The first-order valence-corrected chi connectivity index (χ1v) is 9.43. The fourth-order valence-electron chi connectivity index (χ4n) is 3.59. The average molecular weight is 420 g/mol. The summed E-state index contributed by atoms with van der Waals surface area (Å²) < 4.78 is 21.5. The van der Waals surface area contributed by atoms with E-state index in [1.807, 2.05) is 0 Å². The van der Waals surface area contributed by atoms with Crippen LogP contribution in [-0.4, -0.2) is 32.6 Å². The number of Topliss-reactive ketones (excluding diaryl/α,β-unsaturated/α-hetero) is 1. The third-order valence-corrected chi connectivity index (χ3v) is 5.10. The molecule has 1 aromatic carbocycles. The zero-order valence-corrected chi connectivity index (χ0v) is 17.0. The Kier molecular flexibility index (Phi) is 6.17. The lowest BCUT2D eigenvalue weighted by Crippen LogP contribution is -2.31. The Hall–Kier alpha value is -2.93. The summed E-state index contributed by atoms with van der Waals surface area (Å²) in [6.07, 6.45) is 3.15. The predicted molar refractivity (Wildman–Crippen MR) is 107 cm³/mol. The third-order valence-electron chi connectivity index (χ3n) is 4.82. The fourth-order valence-corrected chi connectivity index (χ4v) is 3.86. The molecule has 7 nitrogen and oxygen atoms in total. The van der Waals surface area contributed by atoms with E-state index >= 15 is 0 Å². The first kappa shape index (κ1) is 20.8. The summed E-state index contributed by atoms with van der Waals surface area (Å²) in [6.45, 7) is 3.85. The minimum Gasteiger partial charge on any atom is -0.493 e. The zero-order valence-electron chi connectivity index (χ0n) is 16.2.